The highest BCUT2D eigenvalue weighted by Gasteiger charge is 2.23. The molecule has 0 aliphatic carbocycles. The number of hydrogen-bond acceptors (Lipinski definition) is 7. The molecular weight excluding hydrogens is 354 g/mol. The number of ether oxygens (including phenoxy) is 1. The van der Waals surface area contributed by atoms with E-state index in [1.807, 2.05) is 12.1 Å². The molecule has 0 N–H and O–H groups in total. The molecule has 0 saturated carbocycles. The molecule has 7 nitrogen and oxygen atoms in total. The molecule has 28 heavy (non-hydrogen) atoms. The summed E-state index contributed by atoms with van der Waals surface area (Å²) in [5.41, 5.74) is 3.57. The van der Waals surface area contributed by atoms with Crippen molar-refractivity contribution in [3.05, 3.63) is 60.0 Å². The molecule has 3 heterocycles. The summed E-state index contributed by atoms with van der Waals surface area (Å²) in [4.78, 5) is 29.4. The Bertz CT molecular complexity index is 968. The topological polar surface area (TPSA) is 71.5 Å². The molecule has 4 rings (SSSR count). The number of piperazine rings is 1. The van der Waals surface area contributed by atoms with Crippen molar-refractivity contribution in [3.8, 4) is 0 Å². The second-order valence-electron chi connectivity index (χ2n) is 6.90. The van der Waals surface area contributed by atoms with Gasteiger partial charge in [0.25, 0.3) is 0 Å². The molecule has 1 aliphatic rings. The van der Waals surface area contributed by atoms with E-state index in [-0.39, 0.29) is 5.97 Å². The normalized spacial score (nSPS) is 16.1. The lowest BCUT2D eigenvalue weighted by Gasteiger charge is -2.38. The van der Waals surface area contributed by atoms with Crippen molar-refractivity contribution in [2.75, 3.05) is 38.2 Å². The van der Waals surface area contributed by atoms with Crippen molar-refractivity contribution < 1.29 is 9.53 Å². The number of fused-ring (bicyclic) bond motifs is 1. The fraction of sp³-hybridized carbons (Fsp3) is 0.333. The van der Waals surface area contributed by atoms with Crippen LogP contribution in [0, 0.1) is 0 Å². The van der Waals surface area contributed by atoms with Gasteiger partial charge in [0.1, 0.15) is 5.82 Å². The third kappa shape index (κ3) is 3.66. The number of pyridine rings is 1. The van der Waals surface area contributed by atoms with Gasteiger partial charge in [-0.05, 0) is 36.8 Å². The van der Waals surface area contributed by atoms with Gasteiger partial charge in [-0.3, -0.25) is 14.9 Å². The minimum absolute atomic E-state index is 0.309. The molecule has 1 aliphatic heterocycles. The smallest absolute Gasteiger partial charge is 0.339 e. The minimum atomic E-state index is -0.363. The number of esters is 1. The maximum atomic E-state index is 11.5. The van der Waals surface area contributed by atoms with E-state index in [0.717, 1.165) is 43.0 Å². The zero-order chi connectivity index (χ0) is 19.5. The molecule has 3 aromatic rings. The van der Waals surface area contributed by atoms with Gasteiger partial charge in [-0.1, -0.05) is 6.07 Å². The van der Waals surface area contributed by atoms with Gasteiger partial charge in [-0.25, -0.2) is 9.78 Å². The van der Waals surface area contributed by atoms with Crippen LogP contribution in [0.1, 0.15) is 28.9 Å². The first-order valence-corrected chi connectivity index (χ1v) is 9.40. The predicted molar refractivity (Wildman–Crippen MR) is 107 cm³/mol. The Morgan fingerprint density at radius 3 is 2.43 bits per heavy atom. The SMILES string of the molecule is COC(=O)c1ccc(N2CCN(C(C)c3ccc4nccnc4c3)CC2)nc1. The van der Waals surface area contributed by atoms with Gasteiger partial charge in [0.2, 0.25) is 0 Å². The molecule has 0 amide bonds. The summed E-state index contributed by atoms with van der Waals surface area (Å²) in [6, 6.07) is 10.3. The summed E-state index contributed by atoms with van der Waals surface area (Å²) in [6.07, 6.45) is 5.02. The Balaban J connectivity index is 1.41. The zero-order valence-electron chi connectivity index (χ0n) is 16.1. The third-order valence-electron chi connectivity index (χ3n) is 5.33. The van der Waals surface area contributed by atoms with Crippen LogP contribution in [0.2, 0.25) is 0 Å². The number of nitrogens with zero attached hydrogens (tertiary/aromatic N) is 5. The van der Waals surface area contributed by atoms with Gasteiger partial charge in [-0.2, -0.15) is 0 Å². The van der Waals surface area contributed by atoms with Crippen LogP contribution in [-0.2, 0) is 4.74 Å². The first-order valence-electron chi connectivity index (χ1n) is 9.40. The Morgan fingerprint density at radius 2 is 1.75 bits per heavy atom. The first kappa shape index (κ1) is 18.3. The van der Waals surface area contributed by atoms with Crippen LogP contribution in [0.4, 0.5) is 5.82 Å². The number of methoxy groups -OCH3 is 1. The highest BCUT2D eigenvalue weighted by molar-refractivity contribution is 5.89. The van der Waals surface area contributed by atoms with Gasteiger partial charge in [0.15, 0.2) is 0 Å². The van der Waals surface area contributed by atoms with Crippen LogP contribution in [0.15, 0.2) is 48.9 Å². The molecule has 2 aromatic heterocycles. The van der Waals surface area contributed by atoms with Crippen LogP contribution in [0.25, 0.3) is 11.0 Å². The lowest BCUT2D eigenvalue weighted by atomic mass is 10.0. The standard InChI is InChI=1S/C21H23N5O2/c1-15(16-3-5-18-19(13-16)23-8-7-22-18)25-9-11-26(12-10-25)20-6-4-17(14-24-20)21(27)28-2/h3-8,13-15H,9-12H2,1-2H3. The molecule has 0 spiro atoms. The molecule has 144 valence electrons. The first-order chi connectivity index (χ1) is 13.7. The zero-order valence-corrected chi connectivity index (χ0v) is 16.1. The molecule has 7 heteroatoms. The Kier molecular flexibility index (Phi) is 5.16. The number of rotatable bonds is 4. The van der Waals surface area contributed by atoms with E-state index in [1.54, 1.807) is 24.7 Å². The average molecular weight is 377 g/mol. The lowest BCUT2D eigenvalue weighted by molar-refractivity contribution is 0.0600. The van der Waals surface area contributed by atoms with Gasteiger partial charge in [-0.15, -0.1) is 0 Å². The second kappa shape index (κ2) is 7.90. The van der Waals surface area contributed by atoms with Gasteiger partial charge in [0.05, 0.1) is 23.7 Å². The van der Waals surface area contributed by atoms with E-state index >= 15 is 0 Å². The number of anilines is 1. The quantitative estimate of drug-likeness (QED) is 0.647. The molecule has 0 bridgehead atoms. The maximum Gasteiger partial charge on any atom is 0.339 e. The lowest BCUT2D eigenvalue weighted by Crippen LogP contribution is -2.47. The monoisotopic (exact) mass is 377 g/mol. The van der Waals surface area contributed by atoms with Crippen molar-refractivity contribution in [1.29, 1.82) is 0 Å². The molecular formula is C21H23N5O2. The summed E-state index contributed by atoms with van der Waals surface area (Å²) >= 11 is 0. The number of carbonyl (C=O) groups is 1. The van der Waals surface area contributed by atoms with Crippen LogP contribution < -0.4 is 4.90 Å². The van der Waals surface area contributed by atoms with Crippen LogP contribution >= 0.6 is 0 Å². The predicted octanol–water partition coefficient (Wildman–Crippen LogP) is 2.69. The number of benzene rings is 1. The molecule has 1 unspecified atom stereocenters. The largest absolute Gasteiger partial charge is 0.465 e. The van der Waals surface area contributed by atoms with Gasteiger partial charge >= 0.3 is 5.97 Å². The number of hydrogen-bond donors (Lipinski definition) is 0. The van der Waals surface area contributed by atoms with Gasteiger partial charge < -0.3 is 9.64 Å². The molecule has 0 radical (unpaired) electrons. The minimum Gasteiger partial charge on any atom is -0.465 e. The van der Waals surface area contributed by atoms with Gasteiger partial charge in [0, 0.05) is 50.8 Å². The summed E-state index contributed by atoms with van der Waals surface area (Å²) < 4.78 is 4.72. The average Bonchev–Trinajstić information content (AvgIpc) is 2.78. The maximum absolute atomic E-state index is 11.5. The van der Waals surface area contributed by atoms with Crippen molar-refractivity contribution in [3.63, 3.8) is 0 Å². The van der Waals surface area contributed by atoms with E-state index in [1.165, 1.54) is 12.7 Å². The summed E-state index contributed by atoms with van der Waals surface area (Å²) in [6.45, 7) is 5.90. The molecule has 1 saturated heterocycles. The Hall–Kier alpha value is -3.06. The van der Waals surface area contributed by atoms with E-state index in [9.17, 15) is 4.79 Å². The van der Waals surface area contributed by atoms with Crippen LogP contribution in [0.3, 0.4) is 0 Å². The fourth-order valence-corrected chi connectivity index (χ4v) is 3.60. The second-order valence-corrected chi connectivity index (χ2v) is 6.90. The van der Waals surface area contributed by atoms with Crippen molar-refractivity contribution in [2.45, 2.75) is 13.0 Å². The highest BCUT2D eigenvalue weighted by atomic mass is 16.5. The number of carbonyl (C=O) groups excluding carboxylic acids is 1. The van der Waals surface area contributed by atoms with Crippen molar-refractivity contribution >= 4 is 22.8 Å². The summed E-state index contributed by atoms with van der Waals surface area (Å²) in [5.74, 6) is 0.527. The fourth-order valence-electron chi connectivity index (χ4n) is 3.60. The highest BCUT2D eigenvalue weighted by Crippen LogP contribution is 2.25. The Morgan fingerprint density at radius 1 is 1.00 bits per heavy atom. The molecule has 1 aromatic carbocycles. The van der Waals surface area contributed by atoms with Crippen molar-refractivity contribution in [2.24, 2.45) is 0 Å². The van der Waals surface area contributed by atoms with Crippen molar-refractivity contribution in [1.82, 2.24) is 19.9 Å². The summed E-state index contributed by atoms with van der Waals surface area (Å²) in [7, 11) is 1.37. The van der Waals surface area contributed by atoms with Crippen LogP contribution in [-0.4, -0.2) is 59.1 Å². The van der Waals surface area contributed by atoms with Crippen LogP contribution in [0.5, 0.6) is 0 Å². The number of aromatic nitrogens is 3. The Labute approximate surface area is 164 Å². The van der Waals surface area contributed by atoms with E-state index in [2.05, 4.69) is 43.8 Å². The van der Waals surface area contributed by atoms with E-state index < -0.39 is 0 Å². The summed E-state index contributed by atoms with van der Waals surface area (Å²) in [5, 5.41) is 0. The van der Waals surface area contributed by atoms with E-state index in [4.69, 9.17) is 4.74 Å². The van der Waals surface area contributed by atoms with E-state index in [0.29, 0.717) is 11.6 Å². The molecule has 1 fully saturated rings. The molecule has 1 atom stereocenters. The third-order valence-corrected chi connectivity index (χ3v) is 5.33.